The van der Waals surface area contributed by atoms with Gasteiger partial charge in [-0.05, 0) is 36.7 Å². The number of ether oxygens (including phenoxy) is 1. The van der Waals surface area contributed by atoms with Crippen molar-refractivity contribution in [1.29, 1.82) is 0 Å². The van der Waals surface area contributed by atoms with E-state index in [1.807, 2.05) is 22.2 Å². The van der Waals surface area contributed by atoms with Gasteiger partial charge in [0.1, 0.15) is 10.8 Å². The summed E-state index contributed by atoms with van der Waals surface area (Å²) in [6.07, 6.45) is 3.51. The molecule has 1 aromatic carbocycles. The van der Waals surface area contributed by atoms with Crippen LogP contribution in [0.25, 0.3) is 10.2 Å². The van der Waals surface area contributed by atoms with Gasteiger partial charge in [-0.15, -0.1) is 0 Å². The van der Waals surface area contributed by atoms with Gasteiger partial charge in [-0.1, -0.05) is 50.7 Å². The summed E-state index contributed by atoms with van der Waals surface area (Å²) >= 11 is 1.66. The lowest BCUT2D eigenvalue weighted by molar-refractivity contribution is -0.656. The monoisotopic (exact) mass is 332 g/mol. The SMILES string of the molecule is CC1CCC(C(C)C)C(OC(=O)C[n+]2csc3ccccc32)C1. The van der Waals surface area contributed by atoms with Crippen LogP contribution in [0, 0.1) is 17.8 Å². The largest absolute Gasteiger partial charge is 0.457 e. The first-order valence-corrected chi connectivity index (χ1v) is 9.47. The molecule has 3 nitrogen and oxygen atoms in total. The van der Waals surface area contributed by atoms with Crippen molar-refractivity contribution >= 4 is 27.5 Å². The quantitative estimate of drug-likeness (QED) is 0.621. The number of para-hydroxylation sites is 1. The number of carbonyl (C=O) groups is 1. The van der Waals surface area contributed by atoms with Crippen molar-refractivity contribution in [3.63, 3.8) is 0 Å². The van der Waals surface area contributed by atoms with Crippen molar-refractivity contribution in [3.05, 3.63) is 29.8 Å². The van der Waals surface area contributed by atoms with Crippen LogP contribution in [-0.4, -0.2) is 12.1 Å². The molecule has 0 spiro atoms. The minimum atomic E-state index is -0.108. The summed E-state index contributed by atoms with van der Waals surface area (Å²) in [6, 6.07) is 8.17. The Morgan fingerprint density at radius 1 is 1.35 bits per heavy atom. The highest BCUT2D eigenvalue weighted by Gasteiger charge is 2.34. The molecule has 0 N–H and O–H groups in total. The Kier molecular flexibility index (Phi) is 5.00. The molecular formula is C19H26NO2S+. The number of hydrogen-bond acceptors (Lipinski definition) is 3. The van der Waals surface area contributed by atoms with E-state index in [2.05, 4.69) is 32.9 Å². The van der Waals surface area contributed by atoms with Gasteiger partial charge >= 0.3 is 5.97 Å². The summed E-state index contributed by atoms with van der Waals surface area (Å²) in [7, 11) is 0. The zero-order chi connectivity index (χ0) is 16.4. The molecule has 1 aromatic heterocycles. The highest BCUT2D eigenvalue weighted by atomic mass is 32.1. The van der Waals surface area contributed by atoms with Crippen LogP contribution < -0.4 is 4.57 Å². The second-order valence-electron chi connectivity index (χ2n) is 7.17. The molecule has 0 amide bonds. The molecular weight excluding hydrogens is 306 g/mol. The summed E-state index contributed by atoms with van der Waals surface area (Å²) < 4.78 is 9.10. The van der Waals surface area contributed by atoms with E-state index in [-0.39, 0.29) is 12.1 Å². The van der Waals surface area contributed by atoms with E-state index in [4.69, 9.17) is 4.74 Å². The highest BCUT2D eigenvalue weighted by Crippen LogP contribution is 2.35. The highest BCUT2D eigenvalue weighted by molar-refractivity contribution is 7.16. The Morgan fingerprint density at radius 3 is 2.91 bits per heavy atom. The maximum atomic E-state index is 12.5. The number of nitrogens with zero attached hydrogens (tertiary/aromatic N) is 1. The lowest BCUT2D eigenvalue weighted by Crippen LogP contribution is -2.41. The van der Waals surface area contributed by atoms with E-state index >= 15 is 0 Å². The van der Waals surface area contributed by atoms with Gasteiger partial charge < -0.3 is 4.74 Å². The van der Waals surface area contributed by atoms with E-state index in [1.54, 1.807) is 11.3 Å². The van der Waals surface area contributed by atoms with Gasteiger partial charge in [0.05, 0.1) is 0 Å². The number of esters is 1. The first-order chi connectivity index (χ1) is 11.0. The summed E-state index contributed by atoms with van der Waals surface area (Å²) in [4.78, 5) is 12.5. The van der Waals surface area contributed by atoms with E-state index in [1.165, 1.54) is 17.5 Å². The van der Waals surface area contributed by atoms with Gasteiger partial charge in [-0.3, -0.25) is 0 Å². The second kappa shape index (κ2) is 7.00. The Morgan fingerprint density at radius 2 is 2.13 bits per heavy atom. The van der Waals surface area contributed by atoms with E-state index in [0.717, 1.165) is 11.9 Å². The molecule has 124 valence electrons. The van der Waals surface area contributed by atoms with Crippen molar-refractivity contribution in [2.75, 3.05) is 0 Å². The summed E-state index contributed by atoms with van der Waals surface area (Å²) in [5.74, 6) is 1.61. The Labute approximate surface area is 142 Å². The smallest absolute Gasteiger partial charge is 0.373 e. The third-order valence-corrected chi connectivity index (χ3v) is 5.98. The number of fused-ring (bicyclic) bond motifs is 1. The maximum Gasteiger partial charge on any atom is 0.373 e. The molecule has 3 rings (SSSR count). The van der Waals surface area contributed by atoms with Crippen molar-refractivity contribution in [2.45, 2.75) is 52.7 Å². The number of thiazole rings is 1. The summed E-state index contributed by atoms with van der Waals surface area (Å²) in [5, 5.41) is 0. The topological polar surface area (TPSA) is 30.2 Å². The molecule has 0 saturated heterocycles. The zero-order valence-corrected chi connectivity index (χ0v) is 15.0. The molecule has 23 heavy (non-hydrogen) atoms. The summed E-state index contributed by atoms with van der Waals surface area (Å²) in [6.45, 7) is 7.05. The van der Waals surface area contributed by atoms with Crippen LogP contribution in [0.4, 0.5) is 0 Å². The molecule has 3 unspecified atom stereocenters. The lowest BCUT2D eigenvalue weighted by Gasteiger charge is -2.36. The second-order valence-corrected chi connectivity index (χ2v) is 8.06. The third-order valence-electron chi connectivity index (χ3n) is 5.03. The minimum absolute atomic E-state index is 0.0803. The van der Waals surface area contributed by atoms with Crippen LogP contribution in [0.2, 0.25) is 0 Å². The van der Waals surface area contributed by atoms with Crippen LogP contribution in [0.1, 0.15) is 40.0 Å². The van der Waals surface area contributed by atoms with Gasteiger partial charge in [0.2, 0.25) is 17.6 Å². The van der Waals surface area contributed by atoms with Gasteiger partial charge in [-0.2, -0.15) is 4.57 Å². The van der Waals surface area contributed by atoms with Crippen molar-refractivity contribution in [3.8, 4) is 0 Å². The molecule has 2 aromatic rings. The van der Waals surface area contributed by atoms with Crippen LogP contribution >= 0.6 is 11.3 Å². The first-order valence-electron chi connectivity index (χ1n) is 8.59. The lowest BCUT2D eigenvalue weighted by atomic mass is 9.75. The normalized spacial score (nSPS) is 25.0. The molecule has 1 aliphatic rings. The molecule has 3 atom stereocenters. The number of aromatic nitrogens is 1. The number of hydrogen-bond donors (Lipinski definition) is 0. The molecule has 0 aliphatic heterocycles. The fourth-order valence-electron chi connectivity index (χ4n) is 3.69. The van der Waals surface area contributed by atoms with Crippen LogP contribution in [0.5, 0.6) is 0 Å². The standard InChI is InChI=1S/C19H26NO2S/c1-13(2)15-9-8-14(3)10-17(15)22-19(21)11-20-12-23-18-7-5-4-6-16(18)20/h4-7,12-15,17H,8-11H2,1-3H3/q+1. The third kappa shape index (κ3) is 3.74. The molecule has 1 saturated carbocycles. The van der Waals surface area contributed by atoms with E-state index in [9.17, 15) is 4.79 Å². The molecule has 1 aliphatic carbocycles. The van der Waals surface area contributed by atoms with Crippen LogP contribution in [0.3, 0.4) is 0 Å². The van der Waals surface area contributed by atoms with E-state index < -0.39 is 0 Å². The minimum Gasteiger partial charge on any atom is -0.457 e. The van der Waals surface area contributed by atoms with Crippen molar-refractivity contribution in [1.82, 2.24) is 0 Å². The van der Waals surface area contributed by atoms with Gasteiger partial charge in [0.25, 0.3) is 0 Å². The average Bonchev–Trinajstić information content (AvgIpc) is 2.90. The number of carbonyl (C=O) groups excluding carboxylic acids is 1. The number of rotatable bonds is 4. The fourth-order valence-corrected chi connectivity index (χ4v) is 4.58. The van der Waals surface area contributed by atoms with Crippen molar-refractivity contribution < 1.29 is 14.1 Å². The van der Waals surface area contributed by atoms with Gasteiger partial charge in [-0.25, -0.2) is 4.79 Å². The fraction of sp³-hybridized carbons (Fsp3) is 0.579. The molecule has 0 bridgehead atoms. The van der Waals surface area contributed by atoms with Crippen LogP contribution in [0.15, 0.2) is 29.8 Å². The zero-order valence-electron chi connectivity index (χ0n) is 14.2. The maximum absolute atomic E-state index is 12.5. The molecule has 1 heterocycles. The van der Waals surface area contributed by atoms with E-state index in [0.29, 0.717) is 24.3 Å². The number of benzene rings is 1. The Hall–Kier alpha value is -1.42. The summed E-state index contributed by atoms with van der Waals surface area (Å²) in [5.41, 5.74) is 3.11. The molecule has 0 radical (unpaired) electrons. The average molecular weight is 332 g/mol. The Balaban J connectivity index is 1.68. The van der Waals surface area contributed by atoms with Crippen LogP contribution in [-0.2, 0) is 16.1 Å². The predicted octanol–water partition coefficient (Wildman–Crippen LogP) is 4.19. The van der Waals surface area contributed by atoms with Gasteiger partial charge in [0.15, 0.2) is 0 Å². The van der Waals surface area contributed by atoms with Gasteiger partial charge in [0, 0.05) is 6.07 Å². The molecule has 1 fully saturated rings. The first kappa shape index (κ1) is 16.4. The Bertz CT molecular complexity index is 679. The van der Waals surface area contributed by atoms with Crippen molar-refractivity contribution in [2.24, 2.45) is 17.8 Å². The molecule has 4 heteroatoms. The predicted molar refractivity (Wildman–Crippen MR) is 93.2 cm³/mol.